The van der Waals surface area contributed by atoms with Crippen LogP contribution in [0.5, 0.6) is 5.75 Å². The quantitative estimate of drug-likeness (QED) is 0.650. The van der Waals surface area contributed by atoms with Crippen molar-refractivity contribution < 1.29 is 9.53 Å². The van der Waals surface area contributed by atoms with Crippen LogP contribution in [0.3, 0.4) is 0 Å². The van der Waals surface area contributed by atoms with E-state index in [4.69, 9.17) is 4.74 Å². The minimum atomic E-state index is -0.0489. The molecule has 1 amide bonds. The van der Waals surface area contributed by atoms with E-state index in [1.807, 2.05) is 59.3 Å². The van der Waals surface area contributed by atoms with Gasteiger partial charge in [-0.15, -0.1) is 0 Å². The molecular formula is C22H23N3O2. The molecule has 3 rings (SSSR count). The van der Waals surface area contributed by atoms with Gasteiger partial charge < -0.3 is 14.6 Å². The van der Waals surface area contributed by atoms with E-state index in [2.05, 4.69) is 29.4 Å². The molecule has 27 heavy (non-hydrogen) atoms. The maximum Gasteiger partial charge on any atom is 0.228 e. The van der Waals surface area contributed by atoms with E-state index >= 15 is 0 Å². The Kier molecular flexibility index (Phi) is 6.41. The van der Waals surface area contributed by atoms with Gasteiger partial charge in [0.1, 0.15) is 12.4 Å². The Morgan fingerprint density at radius 3 is 2.63 bits per heavy atom. The van der Waals surface area contributed by atoms with E-state index < -0.39 is 0 Å². The van der Waals surface area contributed by atoms with Gasteiger partial charge in [0.25, 0.3) is 0 Å². The number of anilines is 1. The van der Waals surface area contributed by atoms with Crippen molar-refractivity contribution in [2.24, 2.45) is 0 Å². The standard InChI is InChI=1S/C22H23N3O2/c1-18-5-7-19(8-6-18)3-2-4-22(26)24-20-9-11-21(12-10-20)27-16-15-25-14-13-23-17-25/h2-3,5-14,17H,4,15-16H2,1H3,(H,24,26)/b3-2+. The number of aromatic nitrogens is 2. The van der Waals surface area contributed by atoms with E-state index in [1.165, 1.54) is 5.56 Å². The molecule has 0 fully saturated rings. The van der Waals surface area contributed by atoms with Crippen LogP contribution in [0.2, 0.25) is 0 Å². The zero-order chi connectivity index (χ0) is 18.9. The summed E-state index contributed by atoms with van der Waals surface area (Å²) in [6, 6.07) is 15.6. The van der Waals surface area contributed by atoms with Gasteiger partial charge in [-0.05, 0) is 36.8 Å². The van der Waals surface area contributed by atoms with Crippen LogP contribution in [0.4, 0.5) is 5.69 Å². The van der Waals surface area contributed by atoms with Crippen molar-refractivity contribution in [3.05, 3.63) is 84.5 Å². The maximum atomic E-state index is 12.0. The molecule has 0 atom stereocenters. The Morgan fingerprint density at radius 2 is 1.93 bits per heavy atom. The highest BCUT2D eigenvalue weighted by molar-refractivity contribution is 5.92. The van der Waals surface area contributed by atoms with Gasteiger partial charge in [0.05, 0.1) is 12.9 Å². The van der Waals surface area contributed by atoms with E-state index in [0.29, 0.717) is 13.0 Å². The first-order valence-electron chi connectivity index (χ1n) is 8.91. The number of hydrogen-bond acceptors (Lipinski definition) is 3. The summed E-state index contributed by atoms with van der Waals surface area (Å²) in [4.78, 5) is 16.0. The summed E-state index contributed by atoms with van der Waals surface area (Å²) in [5.74, 6) is 0.722. The first kappa shape index (κ1) is 18.5. The first-order chi connectivity index (χ1) is 13.2. The Balaban J connectivity index is 1.41. The molecule has 5 heteroatoms. The lowest BCUT2D eigenvalue weighted by Gasteiger charge is -2.08. The lowest BCUT2D eigenvalue weighted by Crippen LogP contribution is -2.10. The molecule has 1 aromatic heterocycles. The number of rotatable bonds is 8. The molecule has 0 aliphatic carbocycles. The average molecular weight is 361 g/mol. The average Bonchev–Trinajstić information content (AvgIpc) is 3.18. The van der Waals surface area contributed by atoms with E-state index in [-0.39, 0.29) is 5.91 Å². The molecule has 0 saturated heterocycles. The van der Waals surface area contributed by atoms with E-state index in [9.17, 15) is 4.79 Å². The van der Waals surface area contributed by atoms with Crippen LogP contribution in [0.25, 0.3) is 6.08 Å². The topological polar surface area (TPSA) is 56.1 Å². The van der Waals surface area contributed by atoms with Crippen molar-refractivity contribution in [1.82, 2.24) is 9.55 Å². The molecule has 3 aromatic rings. The largest absolute Gasteiger partial charge is 0.492 e. The van der Waals surface area contributed by atoms with Crippen molar-refractivity contribution in [2.75, 3.05) is 11.9 Å². The summed E-state index contributed by atoms with van der Waals surface area (Å²) >= 11 is 0. The van der Waals surface area contributed by atoms with Crippen molar-refractivity contribution >= 4 is 17.7 Å². The Hall–Kier alpha value is -3.34. The molecule has 0 saturated carbocycles. The SMILES string of the molecule is Cc1ccc(/C=C/CC(=O)Nc2ccc(OCCn3ccnc3)cc2)cc1. The lowest BCUT2D eigenvalue weighted by atomic mass is 10.1. The molecule has 0 unspecified atom stereocenters. The van der Waals surface area contributed by atoms with Crippen LogP contribution in [0.1, 0.15) is 17.5 Å². The highest BCUT2D eigenvalue weighted by atomic mass is 16.5. The predicted molar refractivity (Wildman–Crippen MR) is 108 cm³/mol. The number of ether oxygens (including phenoxy) is 1. The Morgan fingerprint density at radius 1 is 1.15 bits per heavy atom. The van der Waals surface area contributed by atoms with Crippen LogP contribution in [0, 0.1) is 6.92 Å². The third-order valence-corrected chi connectivity index (χ3v) is 4.01. The number of aryl methyl sites for hydroxylation is 1. The molecule has 1 heterocycles. The number of hydrogen-bond donors (Lipinski definition) is 1. The summed E-state index contributed by atoms with van der Waals surface area (Å²) < 4.78 is 7.65. The van der Waals surface area contributed by atoms with Crippen LogP contribution in [0.15, 0.2) is 73.3 Å². The Bertz CT molecular complexity index is 867. The second-order valence-electron chi connectivity index (χ2n) is 6.24. The Labute approximate surface area is 159 Å². The van der Waals surface area contributed by atoms with Gasteiger partial charge in [-0.1, -0.05) is 42.0 Å². The summed E-state index contributed by atoms with van der Waals surface area (Å²) in [5.41, 5.74) is 3.07. The second kappa shape index (κ2) is 9.38. The van der Waals surface area contributed by atoms with Crippen molar-refractivity contribution in [1.29, 1.82) is 0 Å². The van der Waals surface area contributed by atoms with Gasteiger partial charge in [-0.3, -0.25) is 4.79 Å². The number of carbonyl (C=O) groups excluding carboxylic acids is 1. The maximum absolute atomic E-state index is 12.0. The smallest absolute Gasteiger partial charge is 0.228 e. The lowest BCUT2D eigenvalue weighted by molar-refractivity contribution is -0.115. The minimum absolute atomic E-state index is 0.0489. The molecule has 0 spiro atoms. The predicted octanol–water partition coefficient (Wildman–Crippen LogP) is 4.31. The molecule has 138 valence electrons. The number of carbonyl (C=O) groups is 1. The molecule has 0 aliphatic rings. The number of imidazole rings is 1. The third-order valence-electron chi connectivity index (χ3n) is 4.01. The number of benzene rings is 2. The number of amides is 1. The van der Waals surface area contributed by atoms with Gasteiger partial charge in [-0.25, -0.2) is 4.98 Å². The minimum Gasteiger partial charge on any atom is -0.492 e. The van der Waals surface area contributed by atoms with Crippen LogP contribution < -0.4 is 10.1 Å². The van der Waals surface area contributed by atoms with Gasteiger partial charge in [-0.2, -0.15) is 0 Å². The highest BCUT2D eigenvalue weighted by Crippen LogP contribution is 2.16. The summed E-state index contributed by atoms with van der Waals surface area (Å²) in [6.45, 7) is 3.36. The van der Waals surface area contributed by atoms with Gasteiger partial charge in [0, 0.05) is 24.5 Å². The monoisotopic (exact) mass is 361 g/mol. The zero-order valence-corrected chi connectivity index (χ0v) is 15.3. The molecule has 0 radical (unpaired) electrons. The number of nitrogens with zero attached hydrogens (tertiary/aromatic N) is 2. The first-order valence-corrected chi connectivity index (χ1v) is 8.91. The molecule has 0 bridgehead atoms. The van der Waals surface area contributed by atoms with Crippen LogP contribution in [-0.2, 0) is 11.3 Å². The molecule has 1 N–H and O–H groups in total. The zero-order valence-electron chi connectivity index (χ0n) is 15.3. The normalized spacial score (nSPS) is 10.9. The van der Waals surface area contributed by atoms with Crippen LogP contribution >= 0.6 is 0 Å². The number of nitrogens with one attached hydrogen (secondary N) is 1. The van der Waals surface area contributed by atoms with Crippen molar-refractivity contribution in [2.45, 2.75) is 19.9 Å². The van der Waals surface area contributed by atoms with E-state index in [0.717, 1.165) is 23.5 Å². The summed E-state index contributed by atoms with van der Waals surface area (Å²) in [6.07, 6.45) is 9.55. The second-order valence-corrected chi connectivity index (χ2v) is 6.24. The fraction of sp³-hybridized carbons (Fsp3) is 0.182. The highest BCUT2D eigenvalue weighted by Gasteiger charge is 2.01. The van der Waals surface area contributed by atoms with E-state index in [1.54, 1.807) is 12.5 Å². The fourth-order valence-electron chi connectivity index (χ4n) is 2.51. The third kappa shape index (κ3) is 6.15. The molecule has 2 aromatic carbocycles. The van der Waals surface area contributed by atoms with Gasteiger partial charge in [0.2, 0.25) is 5.91 Å². The summed E-state index contributed by atoms with van der Waals surface area (Å²) in [7, 11) is 0. The van der Waals surface area contributed by atoms with Crippen molar-refractivity contribution in [3.63, 3.8) is 0 Å². The van der Waals surface area contributed by atoms with Gasteiger partial charge >= 0.3 is 0 Å². The molecule has 5 nitrogen and oxygen atoms in total. The molecular weight excluding hydrogens is 338 g/mol. The summed E-state index contributed by atoms with van der Waals surface area (Å²) in [5, 5.41) is 2.88. The fourth-order valence-corrected chi connectivity index (χ4v) is 2.51. The van der Waals surface area contributed by atoms with Crippen LogP contribution in [-0.4, -0.2) is 22.1 Å². The van der Waals surface area contributed by atoms with Gasteiger partial charge in [0.15, 0.2) is 0 Å². The molecule has 0 aliphatic heterocycles. The van der Waals surface area contributed by atoms with Crippen molar-refractivity contribution in [3.8, 4) is 5.75 Å².